The van der Waals surface area contributed by atoms with Crippen LogP contribution in [0.5, 0.6) is 0 Å². The van der Waals surface area contributed by atoms with Gasteiger partial charge in [0, 0.05) is 30.3 Å². The molecule has 0 radical (unpaired) electrons. The zero-order valence-electron chi connectivity index (χ0n) is 9.06. The summed E-state index contributed by atoms with van der Waals surface area (Å²) < 4.78 is 0. The lowest BCUT2D eigenvalue weighted by atomic mass is 9.85. The number of hydrogen-bond acceptors (Lipinski definition) is 2. The molecule has 1 aliphatic carbocycles. The van der Waals surface area contributed by atoms with Gasteiger partial charge in [-0.25, -0.2) is 0 Å². The highest BCUT2D eigenvalue weighted by Gasteiger charge is 2.27. The lowest BCUT2D eigenvalue weighted by Crippen LogP contribution is -2.34. The molecule has 0 bridgehead atoms. The molecule has 0 spiro atoms. The number of pyridine rings is 1. The Morgan fingerprint density at radius 3 is 2.93 bits per heavy atom. The Labute approximate surface area is 99.8 Å². The molecule has 0 N–H and O–H groups in total. The third-order valence-electron chi connectivity index (χ3n) is 2.92. The normalized spacial score (nSPS) is 25.3. The lowest BCUT2D eigenvalue weighted by Gasteiger charge is -2.34. The van der Waals surface area contributed by atoms with Gasteiger partial charge in [-0.2, -0.15) is 0 Å². The first-order chi connectivity index (χ1) is 7.24. The highest BCUT2D eigenvalue weighted by atomic mass is 79.9. The van der Waals surface area contributed by atoms with Crippen molar-refractivity contribution in [1.29, 1.82) is 0 Å². The Morgan fingerprint density at radius 2 is 2.33 bits per heavy atom. The van der Waals surface area contributed by atoms with E-state index in [0.29, 0.717) is 0 Å². The van der Waals surface area contributed by atoms with Crippen molar-refractivity contribution in [2.75, 3.05) is 13.6 Å². The van der Waals surface area contributed by atoms with E-state index in [1.807, 2.05) is 18.5 Å². The summed E-state index contributed by atoms with van der Waals surface area (Å²) >= 11 is 3.63. The van der Waals surface area contributed by atoms with E-state index in [4.69, 9.17) is 0 Å². The molecule has 3 heteroatoms. The molecule has 1 saturated carbocycles. The van der Waals surface area contributed by atoms with Crippen LogP contribution < -0.4 is 0 Å². The first-order valence-electron chi connectivity index (χ1n) is 5.45. The first-order valence-corrected chi connectivity index (χ1v) is 6.37. The Kier molecular flexibility index (Phi) is 3.76. The van der Waals surface area contributed by atoms with Crippen molar-refractivity contribution in [3.63, 3.8) is 0 Å². The zero-order valence-corrected chi connectivity index (χ0v) is 10.7. The summed E-state index contributed by atoms with van der Waals surface area (Å²) in [5.41, 5.74) is 1.30. The van der Waals surface area contributed by atoms with Crippen molar-refractivity contribution in [3.05, 3.63) is 30.1 Å². The maximum atomic E-state index is 4.13. The molecule has 1 aromatic heterocycles. The first kappa shape index (κ1) is 11.1. The third-order valence-corrected chi connectivity index (χ3v) is 3.67. The van der Waals surface area contributed by atoms with Gasteiger partial charge in [-0.1, -0.05) is 22.0 Å². The highest BCUT2D eigenvalue weighted by molar-refractivity contribution is 9.09. The highest BCUT2D eigenvalue weighted by Crippen LogP contribution is 2.33. The van der Waals surface area contributed by atoms with Gasteiger partial charge in [0.05, 0.1) is 0 Å². The van der Waals surface area contributed by atoms with Gasteiger partial charge in [0.15, 0.2) is 0 Å². The summed E-state index contributed by atoms with van der Waals surface area (Å²) in [6.45, 7) is 2.22. The second kappa shape index (κ2) is 5.08. The fourth-order valence-corrected chi connectivity index (χ4v) is 3.17. The van der Waals surface area contributed by atoms with E-state index < -0.39 is 0 Å². The largest absolute Gasteiger partial charge is 0.302 e. The van der Waals surface area contributed by atoms with Crippen molar-refractivity contribution in [1.82, 2.24) is 9.88 Å². The van der Waals surface area contributed by atoms with Gasteiger partial charge in [-0.05, 0) is 37.4 Å². The van der Waals surface area contributed by atoms with Gasteiger partial charge in [-0.15, -0.1) is 0 Å². The summed E-state index contributed by atoms with van der Waals surface area (Å²) in [4.78, 5) is 7.29. The summed E-state index contributed by atoms with van der Waals surface area (Å²) in [6.07, 6.45) is 6.43. The summed E-state index contributed by atoms with van der Waals surface area (Å²) in [7, 11) is 2.19. The SMILES string of the molecule is CN(Cc1cccnc1)CC1CC(Br)C1. The van der Waals surface area contributed by atoms with Crippen LogP contribution in [-0.4, -0.2) is 28.3 Å². The minimum Gasteiger partial charge on any atom is -0.302 e. The molecular weight excluding hydrogens is 252 g/mol. The van der Waals surface area contributed by atoms with Gasteiger partial charge in [0.2, 0.25) is 0 Å². The van der Waals surface area contributed by atoms with Gasteiger partial charge >= 0.3 is 0 Å². The average Bonchev–Trinajstić information content (AvgIpc) is 2.17. The van der Waals surface area contributed by atoms with Gasteiger partial charge < -0.3 is 4.90 Å². The van der Waals surface area contributed by atoms with Crippen LogP contribution in [0.3, 0.4) is 0 Å². The molecule has 1 aromatic rings. The minimum atomic E-state index is 0.772. The van der Waals surface area contributed by atoms with Crippen LogP contribution in [0.1, 0.15) is 18.4 Å². The van der Waals surface area contributed by atoms with E-state index in [1.54, 1.807) is 0 Å². The standard InChI is InChI=1S/C12H17BrN2/c1-15(9-11-5-12(13)6-11)8-10-3-2-4-14-7-10/h2-4,7,11-12H,5-6,8-9H2,1H3. The number of aromatic nitrogens is 1. The van der Waals surface area contributed by atoms with E-state index in [-0.39, 0.29) is 0 Å². The fraction of sp³-hybridized carbons (Fsp3) is 0.583. The Hall–Kier alpha value is -0.410. The molecule has 2 rings (SSSR count). The number of rotatable bonds is 4. The molecular formula is C12H17BrN2. The molecule has 0 unspecified atom stereocenters. The Morgan fingerprint density at radius 1 is 1.53 bits per heavy atom. The van der Waals surface area contributed by atoms with E-state index in [0.717, 1.165) is 17.3 Å². The zero-order chi connectivity index (χ0) is 10.7. The number of nitrogens with zero attached hydrogens (tertiary/aromatic N) is 2. The maximum absolute atomic E-state index is 4.13. The van der Waals surface area contributed by atoms with E-state index in [1.165, 1.54) is 24.9 Å². The predicted molar refractivity (Wildman–Crippen MR) is 66.0 cm³/mol. The molecule has 0 saturated heterocycles. The molecule has 0 aliphatic heterocycles. The molecule has 0 atom stereocenters. The smallest absolute Gasteiger partial charge is 0.0312 e. The van der Waals surface area contributed by atoms with Crippen molar-refractivity contribution in [2.45, 2.75) is 24.2 Å². The molecule has 1 fully saturated rings. The van der Waals surface area contributed by atoms with E-state index in [9.17, 15) is 0 Å². The molecule has 0 amide bonds. The molecule has 82 valence electrons. The van der Waals surface area contributed by atoms with Gasteiger partial charge in [0.1, 0.15) is 0 Å². The van der Waals surface area contributed by atoms with Crippen molar-refractivity contribution >= 4 is 15.9 Å². The second-order valence-corrected chi connectivity index (χ2v) is 5.79. The molecule has 15 heavy (non-hydrogen) atoms. The number of hydrogen-bond donors (Lipinski definition) is 0. The Bertz CT molecular complexity index is 296. The van der Waals surface area contributed by atoms with Crippen molar-refractivity contribution in [2.24, 2.45) is 5.92 Å². The van der Waals surface area contributed by atoms with Crippen LogP contribution in [0.15, 0.2) is 24.5 Å². The number of halogens is 1. The molecule has 0 aromatic carbocycles. The molecule has 2 nitrogen and oxygen atoms in total. The van der Waals surface area contributed by atoms with Gasteiger partial charge in [-0.3, -0.25) is 4.98 Å². The van der Waals surface area contributed by atoms with Gasteiger partial charge in [0.25, 0.3) is 0 Å². The van der Waals surface area contributed by atoms with Crippen molar-refractivity contribution < 1.29 is 0 Å². The van der Waals surface area contributed by atoms with Crippen LogP contribution >= 0.6 is 15.9 Å². The van der Waals surface area contributed by atoms with E-state index in [2.05, 4.69) is 38.9 Å². The van der Waals surface area contributed by atoms with Crippen molar-refractivity contribution in [3.8, 4) is 0 Å². The fourth-order valence-electron chi connectivity index (χ4n) is 2.11. The van der Waals surface area contributed by atoms with Crippen LogP contribution in [0, 0.1) is 5.92 Å². The summed E-state index contributed by atoms with van der Waals surface area (Å²) in [5, 5.41) is 0. The lowest BCUT2D eigenvalue weighted by molar-refractivity contribution is 0.208. The maximum Gasteiger partial charge on any atom is 0.0312 e. The predicted octanol–water partition coefficient (Wildman–Crippen LogP) is 2.69. The Balaban J connectivity index is 1.75. The quantitative estimate of drug-likeness (QED) is 0.781. The number of alkyl halides is 1. The molecule has 1 heterocycles. The van der Waals surface area contributed by atoms with Crippen LogP contribution in [0.25, 0.3) is 0 Å². The average molecular weight is 269 g/mol. The van der Waals surface area contributed by atoms with Crippen LogP contribution in [0.2, 0.25) is 0 Å². The minimum absolute atomic E-state index is 0.772. The monoisotopic (exact) mass is 268 g/mol. The molecule has 1 aliphatic rings. The summed E-state index contributed by atoms with van der Waals surface area (Å²) in [5.74, 6) is 0.885. The summed E-state index contributed by atoms with van der Waals surface area (Å²) in [6, 6.07) is 4.14. The second-order valence-electron chi connectivity index (χ2n) is 4.49. The topological polar surface area (TPSA) is 16.1 Å². The third kappa shape index (κ3) is 3.28. The van der Waals surface area contributed by atoms with E-state index >= 15 is 0 Å². The van der Waals surface area contributed by atoms with Crippen LogP contribution in [0.4, 0.5) is 0 Å². The van der Waals surface area contributed by atoms with Crippen LogP contribution in [-0.2, 0) is 6.54 Å².